The summed E-state index contributed by atoms with van der Waals surface area (Å²) in [6.07, 6.45) is 2.29. The van der Waals surface area contributed by atoms with Crippen molar-refractivity contribution in [3.63, 3.8) is 0 Å². The Morgan fingerprint density at radius 2 is 2.11 bits per heavy atom. The number of thiocarbonyl (C=S) groups is 1. The fourth-order valence-electron chi connectivity index (χ4n) is 2.10. The second-order valence-corrected chi connectivity index (χ2v) is 5.89. The quantitative estimate of drug-likeness (QED) is 0.831. The Kier molecular flexibility index (Phi) is 4.25. The maximum atomic E-state index is 5.38. The van der Waals surface area contributed by atoms with E-state index in [0.29, 0.717) is 0 Å². The third-order valence-corrected chi connectivity index (χ3v) is 4.12. The lowest BCUT2D eigenvalue weighted by Gasteiger charge is -2.27. The largest absolute Gasteiger partial charge is 0.338 e. The highest BCUT2D eigenvalue weighted by Gasteiger charge is 2.38. The summed E-state index contributed by atoms with van der Waals surface area (Å²) in [7, 11) is 0. The van der Waals surface area contributed by atoms with Gasteiger partial charge in [-0.3, -0.25) is 5.01 Å². The van der Waals surface area contributed by atoms with Crippen LogP contribution in [0.25, 0.3) is 0 Å². The second-order valence-electron chi connectivity index (χ2n) is 4.65. The molecule has 0 aromatic heterocycles. The molecule has 18 heavy (non-hydrogen) atoms. The molecule has 2 N–H and O–H groups in total. The molecule has 1 saturated heterocycles. The van der Waals surface area contributed by atoms with Gasteiger partial charge in [-0.15, -0.1) is 0 Å². The predicted molar refractivity (Wildman–Crippen MR) is 82.0 cm³/mol. The highest BCUT2D eigenvalue weighted by Crippen LogP contribution is 2.29. The van der Waals surface area contributed by atoms with Crippen molar-refractivity contribution in [3.05, 3.63) is 34.3 Å². The molecule has 1 aliphatic heterocycles. The molecule has 0 aliphatic carbocycles. The molecule has 1 fully saturated rings. The van der Waals surface area contributed by atoms with E-state index in [0.717, 1.165) is 34.5 Å². The SMILES string of the molecule is CCCCN1NC(C)(c2ccccc2Br)NC1=S. The fraction of sp³-hybridized carbons (Fsp3) is 0.462. The van der Waals surface area contributed by atoms with Crippen LogP contribution in [0.4, 0.5) is 0 Å². The molecular weight excluding hydrogens is 310 g/mol. The van der Waals surface area contributed by atoms with Gasteiger partial charge in [0.05, 0.1) is 0 Å². The summed E-state index contributed by atoms with van der Waals surface area (Å²) in [5.74, 6) is 0. The molecule has 0 spiro atoms. The summed E-state index contributed by atoms with van der Waals surface area (Å²) < 4.78 is 1.08. The number of hydrazine groups is 1. The average molecular weight is 328 g/mol. The first-order valence-corrected chi connectivity index (χ1v) is 7.39. The minimum absolute atomic E-state index is 0.342. The van der Waals surface area contributed by atoms with Gasteiger partial charge in [-0.2, -0.15) is 0 Å². The van der Waals surface area contributed by atoms with Crippen molar-refractivity contribution in [2.24, 2.45) is 0 Å². The van der Waals surface area contributed by atoms with E-state index in [1.807, 2.05) is 23.2 Å². The number of rotatable bonds is 4. The van der Waals surface area contributed by atoms with E-state index < -0.39 is 0 Å². The summed E-state index contributed by atoms with van der Waals surface area (Å²) in [6.45, 7) is 5.22. The van der Waals surface area contributed by atoms with Crippen molar-refractivity contribution in [3.8, 4) is 0 Å². The number of hydrogen-bond donors (Lipinski definition) is 2. The van der Waals surface area contributed by atoms with Crippen molar-refractivity contribution >= 4 is 33.3 Å². The normalized spacial score (nSPS) is 23.3. The van der Waals surface area contributed by atoms with E-state index in [2.05, 4.69) is 46.6 Å². The molecular formula is C13H18BrN3S. The molecule has 0 radical (unpaired) electrons. The molecule has 0 bridgehead atoms. The van der Waals surface area contributed by atoms with E-state index in [1.165, 1.54) is 0 Å². The van der Waals surface area contributed by atoms with Crippen molar-refractivity contribution in [2.45, 2.75) is 32.4 Å². The Labute approximate surface area is 122 Å². The Morgan fingerprint density at radius 3 is 2.78 bits per heavy atom. The highest BCUT2D eigenvalue weighted by molar-refractivity contribution is 9.10. The van der Waals surface area contributed by atoms with Gasteiger partial charge >= 0.3 is 0 Å². The predicted octanol–water partition coefficient (Wildman–Crippen LogP) is 3.12. The summed E-state index contributed by atoms with van der Waals surface area (Å²) in [4.78, 5) is 0. The van der Waals surface area contributed by atoms with Crippen LogP contribution in [0.3, 0.4) is 0 Å². The lowest BCUT2D eigenvalue weighted by Crippen LogP contribution is -2.46. The van der Waals surface area contributed by atoms with Crippen molar-refractivity contribution in [1.82, 2.24) is 15.8 Å². The fourth-order valence-corrected chi connectivity index (χ4v) is 3.12. The van der Waals surface area contributed by atoms with Gasteiger partial charge in [0.2, 0.25) is 0 Å². The number of halogens is 1. The molecule has 1 aromatic carbocycles. The van der Waals surface area contributed by atoms with Crippen LogP contribution in [0.1, 0.15) is 32.3 Å². The standard InChI is InChI=1S/C13H18BrN3S/c1-3-4-9-17-12(18)15-13(2,16-17)10-7-5-6-8-11(10)14/h5-8,16H,3-4,9H2,1-2H3,(H,15,18). The number of nitrogens with zero attached hydrogens (tertiary/aromatic N) is 1. The van der Waals surface area contributed by atoms with Gasteiger partial charge in [0.25, 0.3) is 0 Å². The number of nitrogens with one attached hydrogen (secondary N) is 2. The maximum Gasteiger partial charge on any atom is 0.185 e. The van der Waals surface area contributed by atoms with Crippen LogP contribution in [0.5, 0.6) is 0 Å². The van der Waals surface area contributed by atoms with Gasteiger partial charge in [-0.1, -0.05) is 47.5 Å². The second kappa shape index (κ2) is 5.55. The van der Waals surface area contributed by atoms with E-state index in [-0.39, 0.29) is 5.66 Å². The summed E-state index contributed by atoms with van der Waals surface area (Å²) in [5.41, 5.74) is 4.28. The van der Waals surface area contributed by atoms with E-state index in [1.54, 1.807) is 0 Å². The van der Waals surface area contributed by atoms with Gasteiger partial charge in [0.15, 0.2) is 5.11 Å². The third kappa shape index (κ3) is 2.68. The molecule has 1 atom stereocenters. The number of hydrogen-bond acceptors (Lipinski definition) is 2. The van der Waals surface area contributed by atoms with Gasteiger partial charge in [-0.25, -0.2) is 5.43 Å². The first-order valence-electron chi connectivity index (χ1n) is 6.19. The van der Waals surface area contributed by atoms with Gasteiger partial charge in [-0.05, 0) is 31.6 Å². The first-order chi connectivity index (χ1) is 8.57. The minimum Gasteiger partial charge on any atom is -0.338 e. The zero-order chi connectivity index (χ0) is 13.2. The Morgan fingerprint density at radius 1 is 1.39 bits per heavy atom. The third-order valence-electron chi connectivity index (χ3n) is 3.11. The lowest BCUT2D eigenvalue weighted by atomic mass is 10.0. The topological polar surface area (TPSA) is 27.3 Å². The average Bonchev–Trinajstić information content (AvgIpc) is 2.63. The monoisotopic (exact) mass is 327 g/mol. The maximum absolute atomic E-state index is 5.38. The zero-order valence-electron chi connectivity index (χ0n) is 10.7. The van der Waals surface area contributed by atoms with E-state index in [4.69, 9.17) is 12.2 Å². The zero-order valence-corrected chi connectivity index (χ0v) is 13.1. The Hall–Kier alpha value is -0.650. The molecule has 1 aromatic rings. The highest BCUT2D eigenvalue weighted by atomic mass is 79.9. The van der Waals surface area contributed by atoms with Crippen molar-refractivity contribution in [2.75, 3.05) is 6.54 Å². The van der Waals surface area contributed by atoms with Crippen LogP contribution in [-0.4, -0.2) is 16.7 Å². The van der Waals surface area contributed by atoms with Crippen LogP contribution in [0.15, 0.2) is 28.7 Å². The van der Waals surface area contributed by atoms with Gasteiger partial charge in [0, 0.05) is 16.6 Å². The molecule has 0 amide bonds. The van der Waals surface area contributed by atoms with Crippen LogP contribution in [-0.2, 0) is 5.66 Å². The van der Waals surface area contributed by atoms with E-state index >= 15 is 0 Å². The molecule has 0 saturated carbocycles. The molecule has 3 nitrogen and oxygen atoms in total. The molecule has 1 heterocycles. The van der Waals surface area contributed by atoms with Gasteiger partial charge in [0.1, 0.15) is 5.66 Å². The summed E-state index contributed by atoms with van der Waals surface area (Å²) in [6, 6.07) is 8.18. The van der Waals surface area contributed by atoms with Crippen LogP contribution >= 0.6 is 28.1 Å². The Bertz CT molecular complexity index is 452. The minimum atomic E-state index is -0.342. The smallest absolute Gasteiger partial charge is 0.185 e. The summed E-state index contributed by atoms with van der Waals surface area (Å²) in [5, 5.41) is 6.15. The number of unbranched alkanes of at least 4 members (excludes halogenated alkanes) is 1. The first kappa shape index (κ1) is 13.8. The molecule has 1 aliphatic rings. The van der Waals surface area contributed by atoms with Crippen LogP contribution in [0.2, 0.25) is 0 Å². The van der Waals surface area contributed by atoms with Crippen molar-refractivity contribution < 1.29 is 0 Å². The lowest BCUT2D eigenvalue weighted by molar-refractivity contribution is 0.232. The van der Waals surface area contributed by atoms with Crippen molar-refractivity contribution in [1.29, 1.82) is 0 Å². The van der Waals surface area contributed by atoms with E-state index in [9.17, 15) is 0 Å². The molecule has 2 rings (SSSR count). The molecule has 98 valence electrons. The van der Waals surface area contributed by atoms with Gasteiger partial charge < -0.3 is 5.32 Å². The molecule has 1 unspecified atom stereocenters. The van der Waals surface area contributed by atoms with Crippen LogP contribution < -0.4 is 10.7 Å². The van der Waals surface area contributed by atoms with Crippen LogP contribution in [0, 0.1) is 0 Å². The molecule has 5 heteroatoms. The number of benzene rings is 1. The Balaban J connectivity index is 2.19. The summed E-state index contributed by atoms with van der Waals surface area (Å²) >= 11 is 8.98.